The molecule has 3 amide bonds. The van der Waals surface area contributed by atoms with Crippen molar-refractivity contribution in [2.45, 2.75) is 57.0 Å². The van der Waals surface area contributed by atoms with Crippen LogP contribution in [0.2, 0.25) is 0 Å². The Balaban J connectivity index is 1.52. The van der Waals surface area contributed by atoms with Crippen molar-refractivity contribution < 1.29 is 19.1 Å². The lowest BCUT2D eigenvalue weighted by Crippen LogP contribution is -2.70. The highest BCUT2D eigenvalue weighted by atomic mass is 16.5. The Morgan fingerprint density at radius 3 is 2.53 bits per heavy atom. The number of carbonyl (C=O) groups excluding carboxylic acids is 3. The van der Waals surface area contributed by atoms with Crippen molar-refractivity contribution in [3.8, 4) is 0 Å². The van der Waals surface area contributed by atoms with E-state index < -0.39 is 12.1 Å². The summed E-state index contributed by atoms with van der Waals surface area (Å²) in [6.45, 7) is 2.28. The molecule has 0 bridgehead atoms. The van der Waals surface area contributed by atoms with Crippen molar-refractivity contribution in [1.29, 1.82) is 0 Å². The molecule has 0 radical (unpaired) electrons. The van der Waals surface area contributed by atoms with Crippen molar-refractivity contribution >= 4 is 17.7 Å². The molecule has 1 aromatic carbocycles. The summed E-state index contributed by atoms with van der Waals surface area (Å²) in [5.41, 5.74) is 1.03. The van der Waals surface area contributed by atoms with Crippen LogP contribution in [0.4, 0.5) is 0 Å². The van der Waals surface area contributed by atoms with Crippen LogP contribution in [0.25, 0.3) is 0 Å². The highest BCUT2D eigenvalue weighted by molar-refractivity contribution is 5.95. The molecule has 0 unspecified atom stereocenters. The summed E-state index contributed by atoms with van der Waals surface area (Å²) in [4.78, 5) is 45.2. The van der Waals surface area contributed by atoms with Crippen molar-refractivity contribution in [3.05, 3.63) is 35.9 Å². The van der Waals surface area contributed by atoms with Gasteiger partial charge in [-0.2, -0.15) is 0 Å². The van der Waals surface area contributed by atoms with E-state index in [0.717, 1.165) is 12.0 Å². The summed E-state index contributed by atoms with van der Waals surface area (Å²) < 4.78 is 5.13. The highest BCUT2D eigenvalue weighted by Gasteiger charge is 2.48. The molecule has 2 aliphatic heterocycles. The predicted molar refractivity (Wildman–Crippen MR) is 121 cm³/mol. The summed E-state index contributed by atoms with van der Waals surface area (Å²) in [6, 6.07) is 8.72. The monoisotopic (exact) mass is 441 g/mol. The molecule has 2 saturated heterocycles. The zero-order chi connectivity index (χ0) is 22.5. The Morgan fingerprint density at radius 1 is 1.06 bits per heavy atom. The first-order chi connectivity index (χ1) is 15.6. The highest BCUT2D eigenvalue weighted by Crippen LogP contribution is 2.30. The van der Waals surface area contributed by atoms with Gasteiger partial charge in [-0.15, -0.1) is 0 Å². The van der Waals surface area contributed by atoms with E-state index in [0.29, 0.717) is 45.0 Å². The summed E-state index contributed by atoms with van der Waals surface area (Å²) in [7, 11) is 1.61. The van der Waals surface area contributed by atoms with Gasteiger partial charge >= 0.3 is 0 Å². The van der Waals surface area contributed by atoms with Crippen LogP contribution in [0.1, 0.15) is 44.1 Å². The van der Waals surface area contributed by atoms with Crippen molar-refractivity contribution in [1.82, 2.24) is 14.7 Å². The molecule has 0 N–H and O–H groups in total. The number of amides is 3. The van der Waals surface area contributed by atoms with Crippen LogP contribution in [0, 0.1) is 5.92 Å². The number of methoxy groups -OCH3 is 1. The van der Waals surface area contributed by atoms with Gasteiger partial charge < -0.3 is 19.4 Å². The van der Waals surface area contributed by atoms with Crippen LogP contribution in [0.5, 0.6) is 0 Å². The van der Waals surface area contributed by atoms with Crippen LogP contribution in [-0.2, 0) is 25.5 Å². The molecule has 1 saturated carbocycles. The SMILES string of the molecule is COCCN1CCN2C(=O)[C@H](Cc3ccccc3)N(C(=O)CCC3CCCC3)C[C@H]2C1=O. The fourth-order valence-electron chi connectivity index (χ4n) is 5.42. The third-order valence-electron chi connectivity index (χ3n) is 7.30. The Labute approximate surface area is 190 Å². The minimum atomic E-state index is -0.587. The number of hydrogen-bond donors (Lipinski definition) is 0. The minimum Gasteiger partial charge on any atom is -0.383 e. The van der Waals surface area contributed by atoms with Gasteiger partial charge in [-0.1, -0.05) is 56.0 Å². The lowest BCUT2D eigenvalue weighted by molar-refractivity contribution is -0.166. The standard InChI is InChI=1S/C25H35N3O4/c1-32-16-15-26-13-14-27-22(24(26)30)18-28(23(29)12-11-19-7-5-6-8-19)21(25(27)31)17-20-9-3-2-4-10-20/h2-4,9-10,19,21-22H,5-8,11-18H2,1H3/t21-,22-/m0/s1. The number of piperazine rings is 2. The average Bonchev–Trinajstić information content (AvgIpc) is 3.33. The van der Waals surface area contributed by atoms with Crippen molar-refractivity contribution in [2.75, 3.05) is 39.9 Å². The molecule has 1 aliphatic carbocycles. The molecular weight excluding hydrogens is 406 g/mol. The number of rotatable bonds is 8. The number of carbonyl (C=O) groups is 3. The molecule has 2 heterocycles. The van der Waals surface area contributed by atoms with E-state index in [1.54, 1.807) is 21.8 Å². The van der Waals surface area contributed by atoms with Gasteiger partial charge in [0.25, 0.3) is 0 Å². The Morgan fingerprint density at radius 2 is 1.81 bits per heavy atom. The van der Waals surface area contributed by atoms with Crippen molar-refractivity contribution in [3.63, 3.8) is 0 Å². The molecule has 0 spiro atoms. The maximum atomic E-state index is 13.5. The summed E-state index contributed by atoms with van der Waals surface area (Å²) in [5, 5.41) is 0. The smallest absolute Gasteiger partial charge is 0.247 e. The predicted octanol–water partition coefficient (Wildman–Crippen LogP) is 2.10. The minimum absolute atomic E-state index is 0.00708. The van der Waals surface area contributed by atoms with Gasteiger partial charge in [0.1, 0.15) is 12.1 Å². The number of fused-ring (bicyclic) bond motifs is 1. The number of hydrogen-bond acceptors (Lipinski definition) is 4. The van der Waals surface area contributed by atoms with E-state index >= 15 is 0 Å². The van der Waals surface area contributed by atoms with Crippen LogP contribution < -0.4 is 0 Å². The fraction of sp³-hybridized carbons (Fsp3) is 0.640. The zero-order valence-electron chi connectivity index (χ0n) is 19.1. The van der Waals surface area contributed by atoms with E-state index in [-0.39, 0.29) is 24.3 Å². The lowest BCUT2D eigenvalue weighted by atomic mass is 9.95. The fourth-order valence-corrected chi connectivity index (χ4v) is 5.42. The second-order valence-corrected chi connectivity index (χ2v) is 9.31. The largest absolute Gasteiger partial charge is 0.383 e. The summed E-state index contributed by atoms with van der Waals surface area (Å²) >= 11 is 0. The summed E-state index contributed by atoms with van der Waals surface area (Å²) in [5.74, 6) is 0.449. The molecular formula is C25H35N3O4. The third-order valence-corrected chi connectivity index (χ3v) is 7.30. The number of ether oxygens (including phenoxy) is 1. The van der Waals surface area contributed by atoms with E-state index in [4.69, 9.17) is 4.74 Å². The maximum Gasteiger partial charge on any atom is 0.247 e. The van der Waals surface area contributed by atoms with E-state index in [1.165, 1.54) is 25.7 Å². The first-order valence-electron chi connectivity index (χ1n) is 12.0. The van der Waals surface area contributed by atoms with Gasteiger partial charge in [-0.25, -0.2) is 0 Å². The van der Waals surface area contributed by atoms with Gasteiger partial charge in [0.15, 0.2) is 0 Å². The quantitative estimate of drug-likeness (QED) is 0.620. The van der Waals surface area contributed by atoms with E-state index in [2.05, 4.69) is 0 Å². The molecule has 3 aliphatic rings. The van der Waals surface area contributed by atoms with Gasteiger partial charge in [0, 0.05) is 39.6 Å². The van der Waals surface area contributed by atoms with E-state index in [9.17, 15) is 14.4 Å². The van der Waals surface area contributed by atoms with Crippen LogP contribution in [-0.4, -0.2) is 84.4 Å². The van der Waals surface area contributed by atoms with Gasteiger partial charge in [-0.3, -0.25) is 14.4 Å². The van der Waals surface area contributed by atoms with Gasteiger partial charge in [0.2, 0.25) is 17.7 Å². The molecule has 1 aromatic rings. The van der Waals surface area contributed by atoms with Crippen molar-refractivity contribution in [2.24, 2.45) is 5.92 Å². The van der Waals surface area contributed by atoms with Crippen LogP contribution in [0.3, 0.4) is 0 Å². The Hall–Kier alpha value is -2.41. The topological polar surface area (TPSA) is 70.2 Å². The number of nitrogens with zero attached hydrogens (tertiary/aromatic N) is 3. The zero-order valence-corrected chi connectivity index (χ0v) is 19.1. The Bertz CT molecular complexity index is 809. The molecule has 4 rings (SSSR count). The van der Waals surface area contributed by atoms with Crippen LogP contribution >= 0.6 is 0 Å². The molecule has 174 valence electrons. The average molecular weight is 442 g/mol. The molecule has 7 nitrogen and oxygen atoms in total. The maximum absolute atomic E-state index is 13.5. The first kappa shape index (κ1) is 22.8. The second kappa shape index (κ2) is 10.5. The van der Waals surface area contributed by atoms with Gasteiger partial charge in [0.05, 0.1) is 13.2 Å². The number of benzene rings is 1. The summed E-state index contributed by atoms with van der Waals surface area (Å²) in [6.07, 6.45) is 6.72. The first-order valence-corrected chi connectivity index (χ1v) is 12.0. The Kier molecular flexibility index (Phi) is 7.45. The van der Waals surface area contributed by atoms with Crippen LogP contribution in [0.15, 0.2) is 30.3 Å². The second-order valence-electron chi connectivity index (χ2n) is 9.31. The normalized spacial score (nSPS) is 24.2. The molecule has 3 fully saturated rings. The van der Waals surface area contributed by atoms with E-state index in [1.807, 2.05) is 30.3 Å². The molecule has 7 heteroatoms. The molecule has 32 heavy (non-hydrogen) atoms. The third kappa shape index (κ3) is 4.98. The molecule has 0 aromatic heterocycles. The van der Waals surface area contributed by atoms with Gasteiger partial charge in [-0.05, 0) is 17.9 Å². The molecule has 2 atom stereocenters. The lowest BCUT2D eigenvalue weighted by Gasteiger charge is -2.49.